The Bertz CT molecular complexity index is 982. The van der Waals surface area contributed by atoms with E-state index >= 15 is 0 Å². The van der Waals surface area contributed by atoms with Gasteiger partial charge in [0.1, 0.15) is 11.5 Å². The number of benzene rings is 2. The smallest absolute Gasteiger partial charge is 0.201 e. The Labute approximate surface area is 173 Å². The minimum Gasteiger partial charge on any atom is -0.456 e. The lowest BCUT2D eigenvalue weighted by atomic mass is 9.61. The highest BCUT2D eigenvalue weighted by atomic mass is 31.2. The van der Waals surface area contributed by atoms with Gasteiger partial charge < -0.3 is 4.74 Å². The van der Waals surface area contributed by atoms with E-state index in [4.69, 9.17) is 4.74 Å². The Balaban J connectivity index is 1.61. The lowest BCUT2D eigenvalue weighted by Gasteiger charge is -2.66. The second-order valence-electron chi connectivity index (χ2n) is 9.74. The van der Waals surface area contributed by atoms with Crippen molar-refractivity contribution in [2.45, 2.75) is 51.6 Å². The number of hydrogen-bond donors (Lipinski definition) is 0. The summed E-state index contributed by atoms with van der Waals surface area (Å²) in [5.41, 5.74) is 2.21. The lowest BCUT2D eigenvalue weighted by Crippen LogP contribution is -2.68. The fourth-order valence-corrected chi connectivity index (χ4v) is 8.82. The number of hydrogen-bond acceptors (Lipinski definition) is 2. The minimum atomic E-state index is -2.88. The number of piperidine rings is 1. The van der Waals surface area contributed by atoms with Crippen molar-refractivity contribution in [1.82, 2.24) is 4.67 Å². The molecule has 1 aliphatic carbocycles. The van der Waals surface area contributed by atoms with Crippen LogP contribution < -0.4 is 0 Å². The van der Waals surface area contributed by atoms with Crippen molar-refractivity contribution >= 4 is 18.8 Å². The van der Waals surface area contributed by atoms with Crippen LogP contribution in [0.15, 0.2) is 72.3 Å². The van der Waals surface area contributed by atoms with Gasteiger partial charge in [-0.05, 0) is 31.6 Å². The van der Waals surface area contributed by atoms with Gasteiger partial charge >= 0.3 is 0 Å². The van der Waals surface area contributed by atoms with Gasteiger partial charge in [0, 0.05) is 34.3 Å². The highest BCUT2D eigenvalue weighted by molar-refractivity contribution is 7.68. The number of nitrogens with zero attached hydrogens (tertiary/aromatic N) is 1. The molecule has 0 amide bonds. The standard InChI is InChI=1S/C25H28NO2P/c1-24(2)14-21-15-25(3,18-24)26(21)29(27)16-22(19-10-6-4-7-11-19)28-23(17-29)20-12-8-5-9-13-20/h4-13,16-17,21H,14-15,18H2,1-3H3/t21-,25-/m1/s1. The first kappa shape index (κ1) is 18.9. The topological polar surface area (TPSA) is 29.5 Å². The molecular weight excluding hydrogens is 377 g/mol. The molecule has 150 valence electrons. The van der Waals surface area contributed by atoms with E-state index in [0.717, 1.165) is 30.4 Å². The highest BCUT2D eigenvalue weighted by Crippen LogP contribution is 2.71. The van der Waals surface area contributed by atoms with Crippen LogP contribution in [0.1, 0.15) is 51.2 Å². The van der Waals surface area contributed by atoms with Crippen molar-refractivity contribution in [3.05, 3.63) is 83.4 Å². The van der Waals surface area contributed by atoms with Gasteiger partial charge in [-0.3, -0.25) is 4.57 Å². The molecule has 3 fully saturated rings. The van der Waals surface area contributed by atoms with Crippen molar-refractivity contribution in [3.63, 3.8) is 0 Å². The molecule has 3 heterocycles. The van der Waals surface area contributed by atoms with E-state index in [0.29, 0.717) is 23.0 Å². The molecule has 3 nitrogen and oxygen atoms in total. The second kappa shape index (κ2) is 6.45. The van der Waals surface area contributed by atoms with Crippen LogP contribution >= 0.6 is 7.29 Å². The van der Waals surface area contributed by atoms with Crippen molar-refractivity contribution in [2.24, 2.45) is 5.41 Å². The quantitative estimate of drug-likeness (QED) is 0.518. The van der Waals surface area contributed by atoms with Gasteiger partial charge in [-0.2, -0.15) is 0 Å². The Morgan fingerprint density at radius 3 is 1.86 bits per heavy atom. The van der Waals surface area contributed by atoms with Crippen LogP contribution in [-0.2, 0) is 9.30 Å². The molecule has 3 aliphatic heterocycles. The Morgan fingerprint density at radius 2 is 1.38 bits per heavy atom. The fraction of sp³-hybridized carbons (Fsp3) is 0.360. The van der Waals surface area contributed by atoms with Gasteiger partial charge in [-0.15, -0.1) is 0 Å². The minimum absolute atomic E-state index is 0.0180. The highest BCUT2D eigenvalue weighted by Gasteiger charge is 2.61. The summed E-state index contributed by atoms with van der Waals surface area (Å²) in [6, 6.07) is 20.4. The molecule has 4 heteroatoms. The predicted octanol–water partition coefficient (Wildman–Crippen LogP) is 6.94. The molecule has 29 heavy (non-hydrogen) atoms. The van der Waals surface area contributed by atoms with Gasteiger partial charge in [-0.1, -0.05) is 74.5 Å². The molecule has 0 aromatic heterocycles. The van der Waals surface area contributed by atoms with Crippen LogP contribution in [0.4, 0.5) is 0 Å². The molecule has 0 spiro atoms. The Kier molecular flexibility index (Phi) is 4.21. The summed E-state index contributed by atoms with van der Waals surface area (Å²) in [4.78, 5) is 0. The molecule has 0 radical (unpaired) electrons. The molecule has 2 atom stereocenters. The third-order valence-electron chi connectivity index (χ3n) is 6.50. The zero-order valence-electron chi connectivity index (χ0n) is 17.3. The predicted molar refractivity (Wildman–Crippen MR) is 119 cm³/mol. The van der Waals surface area contributed by atoms with Gasteiger partial charge in [-0.25, -0.2) is 4.67 Å². The number of rotatable bonds is 3. The number of ether oxygens (including phenoxy) is 1. The molecular formula is C25H28NO2P. The van der Waals surface area contributed by atoms with Crippen LogP contribution in [0.5, 0.6) is 0 Å². The van der Waals surface area contributed by atoms with Crippen LogP contribution in [0.25, 0.3) is 11.5 Å². The normalized spacial score (nSPS) is 29.8. The lowest BCUT2D eigenvalue weighted by molar-refractivity contribution is -0.0839. The van der Waals surface area contributed by atoms with Crippen LogP contribution in [-0.4, -0.2) is 16.3 Å². The van der Waals surface area contributed by atoms with Gasteiger partial charge in [0.25, 0.3) is 0 Å². The largest absolute Gasteiger partial charge is 0.456 e. The van der Waals surface area contributed by atoms with Crippen LogP contribution in [0, 0.1) is 5.41 Å². The summed E-state index contributed by atoms with van der Waals surface area (Å²) in [6.07, 6.45) is 3.30. The molecule has 2 bridgehead atoms. The first-order valence-corrected chi connectivity index (χ1v) is 12.2. The van der Waals surface area contributed by atoms with Gasteiger partial charge in [0.05, 0.1) is 0 Å². The maximum atomic E-state index is 14.5. The molecule has 2 aromatic rings. The fourth-order valence-electron chi connectivity index (χ4n) is 5.84. The molecule has 0 N–H and O–H groups in total. The first-order valence-electron chi connectivity index (χ1n) is 10.4. The second-order valence-corrected chi connectivity index (χ2v) is 12.0. The van der Waals surface area contributed by atoms with Gasteiger partial charge in [0.2, 0.25) is 7.29 Å². The van der Waals surface area contributed by atoms with Crippen molar-refractivity contribution in [3.8, 4) is 0 Å². The number of fused-ring (bicyclic) bond motifs is 2. The van der Waals surface area contributed by atoms with E-state index in [9.17, 15) is 4.57 Å². The van der Waals surface area contributed by atoms with Crippen molar-refractivity contribution in [2.75, 3.05) is 0 Å². The van der Waals surface area contributed by atoms with Crippen LogP contribution in [0.3, 0.4) is 0 Å². The average Bonchev–Trinajstić information content (AvgIpc) is 2.66. The summed E-state index contributed by atoms with van der Waals surface area (Å²) in [5.74, 6) is 5.20. The van der Waals surface area contributed by atoms with E-state index in [1.807, 2.05) is 72.3 Å². The molecule has 1 saturated carbocycles. The van der Waals surface area contributed by atoms with Crippen LogP contribution in [0.2, 0.25) is 0 Å². The third-order valence-corrected chi connectivity index (χ3v) is 9.19. The van der Waals surface area contributed by atoms with Crippen molar-refractivity contribution in [1.29, 1.82) is 0 Å². The van der Waals surface area contributed by atoms with E-state index in [1.54, 1.807) is 0 Å². The average molecular weight is 405 g/mol. The van der Waals surface area contributed by atoms with E-state index in [1.165, 1.54) is 0 Å². The van der Waals surface area contributed by atoms with E-state index in [2.05, 4.69) is 25.4 Å². The van der Waals surface area contributed by atoms with E-state index < -0.39 is 7.29 Å². The maximum Gasteiger partial charge on any atom is 0.201 e. The monoisotopic (exact) mass is 405 g/mol. The summed E-state index contributed by atoms with van der Waals surface area (Å²) in [7, 11) is -2.88. The van der Waals surface area contributed by atoms with Crippen molar-refractivity contribution < 1.29 is 9.30 Å². The first-order chi connectivity index (χ1) is 13.8. The summed E-state index contributed by atoms with van der Waals surface area (Å²) >= 11 is 0. The zero-order valence-corrected chi connectivity index (χ0v) is 18.2. The summed E-state index contributed by atoms with van der Waals surface area (Å²) in [5, 5.41) is 0. The summed E-state index contributed by atoms with van der Waals surface area (Å²) < 4.78 is 23.1. The Morgan fingerprint density at radius 1 is 0.862 bits per heavy atom. The molecule has 4 aliphatic rings. The van der Waals surface area contributed by atoms with E-state index in [-0.39, 0.29) is 5.54 Å². The maximum absolute atomic E-state index is 14.5. The third kappa shape index (κ3) is 3.21. The van der Waals surface area contributed by atoms with Gasteiger partial charge in [0.15, 0.2) is 0 Å². The molecule has 6 rings (SSSR count). The summed E-state index contributed by atoms with van der Waals surface area (Å²) in [6.45, 7) is 6.96. The molecule has 2 saturated heterocycles. The molecule has 2 aromatic carbocycles. The Hall–Kier alpha value is -2.09. The molecule has 0 unspecified atom stereocenters. The SMILES string of the molecule is CC1(C)C[C@@H]2C[C@](C)(C1)N2P1(=O)C=C(c2ccccc2)OC(c2ccccc2)=C1. The zero-order chi connectivity index (χ0) is 20.3.